The first-order chi connectivity index (χ1) is 8.93. The first kappa shape index (κ1) is 14.4. The van der Waals surface area contributed by atoms with Crippen LogP contribution >= 0.6 is 11.6 Å². The fourth-order valence-corrected chi connectivity index (χ4v) is 2.81. The normalized spacial score (nSPS) is 11.6. The van der Waals surface area contributed by atoms with Crippen LogP contribution in [0, 0.1) is 0 Å². The van der Waals surface area contributed by atoms with Crippen molar-refractivity contribution in [2.75, 3.05) is 0 Å². The minimum absolute atomic E-state index is 0.182. The number of hydrogen-bond donors (Lipinski definition) is 0. The van der Waals surface area contributed by atoms with E-state index in [4.69, 9.17) is 11.6 Å². The zero-order valence-electron chi connectivity index (χ0n) is 11.6. The first-order valence-electron chi connectivity index (χ1n) is 6.44. The van der Waals surface area contributed by atoms with E-state index in [0.717, 1.165) is 10.8 Å². The summed E-state index contributed by atoms with van der Waals surface area (Å²) in [5, 5.41) is 1.08. The molecule has 0 fully saturated rings. The Morgan fingerprint density at radius 1 is 1.00 bits per heavy atom. The summed E-state index contributed by atoms with van der Waals surface area (Å²) < 4.78 is 0. The van der Waals surface area contributed by atoms with Crippen molar-refractivity contribution in [1.82, 2.24) is 0 Å². The van der Waals surface area contributed by atoms with Gasteiger partial charge in [-0.1, -0.05) is 68.4 Å². The molecule has 0 heterocycles. The predicted molar refractivity (Wildman–Crippen MR) is 85.5 cm³/mol. The third-order valence-corrected chi connectivity index (χ3v) is 4.04. The lowest BCUT2D eigenvalue weighted by molar-refractivity contribution is 0.590. The highest BCUT2D eigenvalue weighted by atomic mass is 35.5. The third kappa shape index (κ3) is 3.10. The quantitative estimate of drug-likeness (QED) is 0.573. The van der Waals surface area contributed by atoms with E-state index in [2.05, 4.69) is 67.4 Å². The lowest BCUT2D eigenvalue weighted by Gasteiger charge is -2.20. The Morgan fingerprint density at radius 3 is 2.16 bits per heavy atom. The molecule has 0 nitrogen and oxygen atoms in total. The van der Waals surface area contributed by atoms with Gasteiger partial charge in [0.1, 0.15) is 0 Å². The van der Waals surface area contributed by atoms with Gasteiger partial charge < -0.3 is 0 Å². The second kappa shape index (κ2) is 5.52. The maximum absolute atomic E-state index is 6.04. The molecule has 2 heteroatoms. The average molecular weight is 286 g/mol. The average Bonchev–Trinajstić information content (AvgIpc) is 2.37. The van der Waals surface area contributed by atoms with E-state index >= 15 is 0 Å². The molecule has 0 spiro atoms. The van der Waals surface area contributed by atoms with Crippen molar-refractivity contribution in [3.8, 4) is 11.1 Å². The Bertz CT molecular complexity index is 565. The summed E-state index contributed by atoms with van der Waals surface area (Å²) in [6.07, 6.45) is 0. The van der Waals surface area contributed by atoms with Crippen molar-refractivity contribution >= 4 is 27.0 Å². The molecule has 0 aliphatic rings. The minimum Gasteiger partial charge on any atom is -0.122 e. The van der Waals surface area contributed by atoms with E-state index < -0.39 is 0 Å². The standard InChI is InChI=1S/C17H18ClSi/c1-17(2,3)14-9-7-12(8-10-14)16-13(11-18)5-4-6-15(16)19/h4-10H,11H2,1-3H3. The van der Waals surface area contributed by atoms with Crippen LogP contribution in [0.3, 0.4) is 0 Å². The lowest BCUT2D eigenvalue weighted by Crippen LogP contribution is -2.12. The van der Waals surface area contributed by atoms with Gasteiger partial charge in [-0.2, -0.15) is 0 Å². The molecule has 0 saturated carbocycles. The number of rotatable bonds is 2. The highest BCUT2D eigenvalue weighted by Crippen LogP contribution is 2.27. The Labute approximate surface area is 124 Å². The molecule has 0 bridgehead atoms. The van der Waals surface area contributed by atoms with Crippen molar-refractivity contribution in [1.29, 1.82) is 0 Å². The van der Waals surface area contributed by atoms with E-state index in [1.54, 1.807) is 0 Å². The maximum Gasteiger partial charge on any atom is 0.0720 e. The maximum atomic E-state index is 6.04. The molecule has 19 heavy (non-hydrogen) atoms. The Kier molecular flexibility index (Phi) is 4.17. The second-order valence-corrected chi connectivity index (χ2v) is 6.61. The van der Waals surface area contributed by atoms with Crippen LogP contribution in [0.1, 0.15) is 31.9 Å². The summed E-state index contributed by atoms with van der Waals surface area (Å²) in [5.41, 5.74) is 5.07. The fourth-order valence-electron chi connectivity index (χ4n) is 2.19. The topological polar surface area (TPSA) is 0 Å². The van der Waals surface area contributed by atoms with Crippen LogP contribution in [0.4, 0.5) is 0 Å². The molecule has 2 aromatic rings. The van der Waals surface area contributed by atoms with Crippen LogP contribution in [-0.2, 0) is 11.3 Å². The molecular weight excluding hydrogens is 268 g/mol. The van der Waals surface area contributed by atoms with Crippen molar-refractivity contribution < 1.29 is 0 Å². The largest absolute Gasteiger partial charge is 0.122 e. The van der Waals surface area contributed by atoms with Crippen molar-refractivity contribution in [2.24, 2.45) is 0 Å². The van der Waals surface area contributed by atoms with Gasteiger partial charge in [-0.05, 0) is 27.7 Å². The van der Waals surface area contributed by atoms with Crippen LogP contribution < -0.4 is 5.19 Å². The Balaban J connectivity index is 2.49. The molecule has 3 radical (unpaired) electrons. The summed E-state index contributed by atoms with van der Waals surface area (Å²) in [6.45, 7) is 6.68. The molecule has 0 N–H and O–H groups in total. The van der Waals surface area contributed by atoms with Gasteiger partial charge in [0.05, 0.1) is 10.2 Å². The molecule has 0 aliphatic carbocycles. The predicted octanol–water partition coefficient (Wildman–Crippen LogP) is 4.18. The summed E-state index contributed by atoms with van der Waals surface area (Å²) in [5.74, 6) is 0.522. The smallest absolute Gasteiger partial charge is 0.0720 e. The summed E-state index contributed by atoms with van der Waals surface area (Å²) >= 11 is 6.04. The van der Waals surface area contributed by atoms with Gasteiger partial charge in [0.15, 0.2) is 0 Å². The van der Waals surface area contributed by atoms with Crippen LogP contribution in [0.25, 0.3) is 11.1 Å². The minimum atomic E-state index is 0.182. The molecule has 0 amide bonds. The molecule has 2 rings (SSSR count). The molecule has 0 unspecified atom stereocenters. The van der Waals surface area contributed by atoms with Crippen LogP contribution in [0.2, 0.25) is 0 Å². The van der Waals surface area contributed by atoms with Gasteiger partial charge in [-0.25, -0.2) is 0 Å². The van der Waals surface area contributed by atoms with E-state index in [-0.39, 0.29) is 5.41 Å². The van der Waals surface area contributed by atoms with E-state index in [1.807, 2.05) is 6.07 Å². The molecule has 2 aromatic carbocycles. The van der Waals surface area contributed by atoms with Gasteiger partial charge in [0.25, 0.3) is 0 Å². The molecule has 97 valence electrons. The Morgan fingerprint density at radius 2 is 1.63 bits per heavy atom. The van der Waals surface area contributed by atoms with Crippen LogP contribution in [0.5, 0.6) is 0 Å². The van der Waals surface area contributed by atoms with Crippen molar-refractivity contribution in [2.45, 2.75) is 32.1 Å². The van der Waals surface area contributed by atoms with Gasteiger partial charge in [0.2, 0.25) is 0 Å². The number of alkyl halides is 1. The zero-order chi connectivity index (χ0) is 14.0. The molecule has 0 aliphatic heterocycles. The number of halogens is 1. The molecule has 0 aromatic heterocycles. The van der Waals surface area contributed by atoms with E-state index in [1.165, 1.54) is 16.7 Å². The molecule has 0 saturated heterocycles. The first-order valence-corrected chi connectivity index (χ1v) is 7.47. The van der Waals surface area contributed by atoms with Gasteiger partial charge in [0, 0.05) is 5.88 Å². The number of hydrogen-bond acceptors (Lipinski definition) is 0. The van der Waals surface area contributed by atoms with Crippen molar-refractivity contribution in [3.63, 3.8) is 0 Å². The summed E-state index contributed by atoms with van der Waals surface area (Å²) in [4.78, 5) is 0. The van der Waals surface area contributed by atoms with E-state index in [9.17, 15) is 0 Å². The third-order valence-electron chi connectivity index (χ3n) is 3.33. The van der Waals surface area contributed by atoms with Gasteiger partial charge in [-0.15, -0.1) is 11.6 Å². The van der Waals surface area contributed by atoms with Crippen LogP contribution in [-0.4, -0.2) is 10.2 Å². The highest BCUT2D eigenvalue weighted by Gasteiger charge is 2.14. The van der Waals surface area contributed by atoms with Crippen LogP contribution in [0.15, 0.2) is 42.5 Å². The second-order valence-electron chi connectivity index (χ2n) is 5.80. The lowest BCUT2D eigenvalue weighted by atomic mass is 9.86. The van der Waals surface area contributed by atoms with Gasteiger partial charge >= 0.3 is 0 Å². The van der Waals surface area contributed by atoms with Crippen molar-refractivity contribution in [3.05, 3.63) is 53.6 Å². The van der Waals surface area contributed by atoms with Gasteiger partial charge in [-0.3, -0.25) is 0 Å². The number of benzene rings is 2. The fraction of sp³-hybridized carbons (Fsp3) is 0.294. The summed E-state index contributed by atoms with van der Waals surface area (Å²) in [6, 6.07) is 14.9. The molecule has 0 atom stereocenters. The van der Waals surface area contributed by atoms with E-state index in [0.29, 0.717) is 5.88 Å². The highest BCUT2D eigenvalue weighted by molar-refractivity contribution is 6.36. The molecular formula is C17H18ClSi. The summed E-state index contributed by atoms with van der Waals surface area (Å²) in [7, 11) is 3.68. The monoisotopic (exact) mass is 285 g/mol. The Hall–Kier alpha value is -1.05. The SMILES string of the molecule is CC(C)(C)c1ccc(-c2c([Si])cccc2CCl)cc1. The zero-order valence-corrected chi connectivity index (χ0v) is 13.4.